The Labute approximate surface area is 120 Å². The molecule has 2 nitrogen and oxygen atoms in total. The molecule has 1 aliphatic rings. The fraction of sp³-hybridized carbons (Fsp3) is 0.625. The number of rotatable bonds is 6. The van der Waals surface area contributed by atoms with Crippen LogP contribution < -0.4 is 5.32 Å². The average molecular weight is 282 g/mol. The van der Waals surface area contributed by atoms with Gasteiger partial charge in [0, 0.05) is 19.1 Å². The Hall–Kier alpha value is -1.00. The van der Waals surface area contributed by atoms with Gasteiger partial charge < -0.3 is 10.2 Å². The van der Waals surface area contributed by atoms with Gasteiger partial charge in [0.1, 0.15) is 0 Å². The second-order valence-electron chi connectivity index (χ2n) is 5.64. The van der Waals surface area contributed by atoms with Gasteiger partial charge in [-0.15, -0.1) is 0 Å². The molecule has 1 N–H and O–H groups in total. The highest BCUT2D eigenvalue weighted by atomic mass is 19.3. The third-order valence-corrected chi connectivity index (χ3v) is 3.99. The van der Waals surface area contributed by atoms with E-state index in [1.54, 1.807) is 0 Å². The number of nitrogens with one attached hydrogen (secondary N) is 1. The second kappa shape index (κ2) is 7.70. The zero-order valence-corrected chi connectivity index (χ0v) is 12.1. The molecular weight excluding hydrogens is 258 g/mol. The van der Waals surface area contributed by atoms with Crippen molar-refractivity contribution in [1.29, 1.82) is 0 Å². The van der Waals surface area contributed by atoms with Gasteiger partial charge in [-0.05, 0) is 30.9 Å². The first-order chi connectivity index (χ1) is 9.67. The average Bonchev–Trinajstić information content (AvgIpc) is 2.46. The number of halogens is 2. The predicted octanol–water partition coefficient (Wildman–Crippen LogP) is 2.79. The molecule has 0 saturated carbocycles. The van der Waals surface area contributed by atoms with Crippen molar-refractivity contribution in [3.05, 3.63) is 35.9 Å². The Bertz CT molecular complexity index is 383. The van der Waals surface area contributed by atoms with Crippen LogP contribution in [-0.2, 0) is 6.42 Å². The van der Waals surface area contributed by atoms with E-state index in [0.717, 1.165) is 32.5 Å². The number of likely N-dealkylation sites (tertiary alicyclic amines) is 1. The number of hydrogen-bond acceptors (Lipinski definition) is 2. The zero-order valence-electron chi connectivity index (χ0n) is 12.1. The van der Waals surface area contributed by atoms with E-state index in [-0.39, 0.29) is 12.6 Å². The molecule has 1 saturated heterocycles. The molecule has 0 spiro atoms. The summed E-state index contributed by atoms with van der Waals surface area (Å²) in [4.78, 5) is 2.36. The van der Waals surface area contributed by atoms with Crippen molar-refractivity contribution in [2.24, 2.45) is 5.92 Å². The minimum atomic E-state index is -2.26. The van der Waals surface area contributed by atoms with Crippen LogP contribution in [0.3, 0.4) is 0 Å². The molecule has 2 atom stereocenters. The van der Waals surface area contributed by atoms with Crippen molar-refractivity contribution in [2.45, 2.75) is 32.2 Å². The normalized spacial score (nSPS) is 24.2. The molecule has 0 amide bonds. The maximum Gasteiger partial charge on any atom is 0.250 e. The molecule has 0 radical (unpaired) electrons. The third kappa shape index (κ3) is 4.84. The van der Waals surface area contributed by atoms with Crippen LogP contribution in [0.4, 0.5) is 8.78 Å². The number of benzene rings is 1. The van der Waals surface area contributed by atoms with Crippen molar-refractivity contribution in [3.8, 4) is 0 Å². The molecule has 1 fully saturated rings. The number of nitrogens with zero attached hydrogens (tertiary/aromatic N) is 1. The Morgan fingerprint density at radius 3 is 2.65 bits per heavy atom. The molecule has 2 rings (SSSR count). The molecule has 1 heterocycles. The van der Waals surface area contributed by atoms with Gasteiger partial charge in [-0.3, -0.25) is 0 Å². The maximum absolute atomic E-state index is 12.3. The van der Waals surface area contributed by atoms with Gasteiger partial charge in [0.05, 0.1) is 6.54 Å². The standard InChI is InChI=1S/C16H24F2N2/c1-2-20-11-14(8-13-6-4-3-5-7-13)9-15(12-20)19-10-16(17)18/h3-7,14-16,19H,2,8-12H2,1H3. The quantitative estimate of drug-likeness (QED) is 0.863. The molecule has 1 aliphatic heterocycles. The molecule has 20 heavy (non-hydrogen) atoms. The van der Waals surface area contributed by atoms with E-state index in [4.69, 9.17) is 0 Å². The molecule has 1 aromatic rings. The molecular formula is C16H24F2N2. The summed E-state index contributed by atoms with van der Waals surface area (Å²) in [5.41, 5.74) is 1.34. The number of piperidine rings is 1. The Morgan fingerprint density at radius 2 is 2.00 bits per heavy atom. The van der Waals surface area contributed by atoms with E-state index in [2.05, 4.69) is 41.4 Å². The van der Waals surface area contributed by atoms with Crippen molar-refractivity contribution in [1.82, 2.24) is 10.2 Å². The fourth-order valence-corrected chi connectivity index (χ4v) is 3.06. The first-order valence-corrected chi connectivity index (χ1v) is 7.45. The second-order valence-corrected chi connectivity index (χ2v) is 5.64. The van der Waals surface area contributed by atoms with Gasteiger partial charge >= 0.3 is 0 Å². The number of likely N-dealkylation sites (N-methyl/N-ethyl adjacent to an activating group) is 1. The van der Waals surface area contributed by atoms with Crippen LogP contribution in [-0.4, -0.2) is 43.5 Å². The van der Waals surface area contributed by atoms with Gasteiger partial charge in [0.15, 0.2) is 0 Å². The van der Waals surface area contributed by atoms with Crippen molar-refractivity contribution in [2.75, 3.05) is 26.2 Å². The summed E-state index contributed by atoms with van der Waals surface area (Å²) in [6.07, 6.45) is -0.248. The van der Waals surface area contributed by atoms with E-state index in [1.807, 2.05) is 6.07 Å². The number of alkyl halides is 2. The summed E-state index contributed by atoms with van der Waals surface area (Å²) in [7, 11) is 0. The lowest BCUT2D eigenvalue weighted by molar-refractivity contribution is 0.111. The Morgan fingerprint density at radius 1 is 1.25 bits per heavy atom. The Balaban J connectivity index is 1.91. The van der Waals surface area contributed by atoms with Crippen LogP contribution in [0.5, 0.6) is 0 Å². The SMILES string of the molecule is CCN1CC(Cc2ccccc2)CC(NCC(F)F)C1. The minimum Gasteiger partial charge on any atom is -0.307 e. The van der Waals surface area contributed by atoms with Gasteiger partial charge in [-0.2, -0.15) is 0 Å². The van der Waals surface area contributed by atoms with Gasteiger partial charge in [0.2, 0.25) is 0 Å². The van der Waals surface area contributed by atoms with Gasteiger partial charge in [0.25, 0.3) is 6.43 Å². The lowest BCUT2D eigenvalue weighted by Gasteiger charge is -2.38. The first kappa shape index (κ1) is 15.4. The van der Waals surface area contributed by atoms with Crippen LogP contribution >= 0.6 is 0 Å². The lowest BCUT2D eigenvalue weighted by Crippen LogP contribution is -2.50. The molecule has 0 aliphatic carbocycles. The van der Waals surface area contributed by atoms with Gasteiger partial charge in [-0.1, -0.05) is 37.3 Å². The topological polar surface area (TPSA) is 15.3 Å². The van der Waals surface area contributed by atoms with Crippen LogP contribution in [0.1, 0.15) is 18.9 Å². The zero-order chi connectivity index (χ0) is 14.4. The third-order valence-electron chi connectivity index (χ3n) is 3.99. The smallest absolute Gasteiger partial charge is 0.250 e. The van der Waals surface area contributed by atoms with Crippen molar-refractivity contribution >= 4 is 0 Å². The lowest BCUT2D eigenvalue weighted by atomic mass is 9.88. The summed E-state index contributed by atoms with van der Waals surface area (Å²) in [5, 5.41) is 3.01. The molecule has 4 heteroatoms. The first-order valence-electron chi connectivity index (χ1n) is 7.45. The maximum atomic E-state index is 12.3. The summed E-state index contributed by atoms with van der Waals surface area (Å²) >= 11 is 0. The minimum absolute atomic E-state index is 0.186. The molecule has 0 bridgehead atoms. The van der Waals surface area contributed by atoms with Crippen molar-refractivity contribution < 1.29 is 8.78 Å². The van der Waals surface area contributed by atoms with E-state index >= 15 is 0 Å². The highest BCUT2D eigenvalue weighted by Crippen LogP contribution is 2.21. The monoisotopic (exact) mass is 282 g/mol. The molecule has 2 unspecified atom stereocenters. The largest absolute Gasteiger partial charge is 0.307 e. The summed E-state index contributed by atoms with van der Waals surface area (Å²) in [6, 6.07) is 10.6. The van der Waals surface area contributed by atoms with Crippen LogP contribution in [0.25, 0.3) is 0 Å². The van der Waals surface area contributed by atoms with Crippen LogP contribution in [0.2, 0.25) is 0 Å². The summed E-state index contributed by atoms with van der Waals surface area (Å²) in [6.45, 7) is 4.88. The van der Waals surface area contributed by atoms with E-state index < -0.39 is 6.43 Å². The predicted molar refractivity (Wildman–Crippen MR) is 78.2 cm³/mol. The van der Waals surface area contributed by atoms with E-state index in [0.29, 0.717) is 5.92 Å². The summed E-state index contributed by atoms with van der Waals surface area (Å²) < 4.78 is 24.7. The Kier molecular flexibility index (Phi) is 5.92. The van der Waals surface area contributed by atoms with Gasteiger partial charge in [-0.25, -0.2) is 8.78 Å². The van der Waals surface area contributed by atoms with Crippen LogP contribution in [0.15, 0.2) is 30.3 Å². The van der Waals surface area contributed by atoms with Crippen LogP contribution in [0, 0.1) is 5.92 Å². The molecule has 1 aromatic carbocycles. The van der Waals surface area contributed by atoms with Crippen molar-refractivity contribution in [3.63, 3.8) is 0 Å². The highest BCUT2D eigenvalue weighted by Gasteiger charge is 2.26. The summed E-state index contributed by atoms with van der Waals surface area (Å²) in [5.74, 6) is 0.543. The molecule has 0 aromatic heterocycles. The number of hydrogen-bond donors (Lipinski definition) is 1. The van der Waals surface area contributed by atoms with E-state index in [9.17, 15) is 8.78 Å². The van der Waals surface area contributed by atoms with E-state index in [1.165, 1.54) is 5.56 Å². The molecule has 112 valence electrons. The highest BCUT2D eigenvalue weighted by molar-refractivity contribution is 5.15. The fourth-order valence-electron chi connectivity index (χ4n) is 3.06.